The van der Waals surface area contributed by atoms with E-state index < -0.39 is 0 Å². The van der Waals surface area contributed by atoms with Crippen molar-refractivity contribution < 1.29 is 9.53 Å². The topological polar surface area (TPSA) is 55.6 Å². The fraction of sp³-hybridized carbons (Fsp3) is 0.929. The second-order valence-corrected chi connectivity index (χ2v) is 5.96. The van der Waals surface area contributed by atoms with Crippen LogP contribution < -0.4 is 5.73 Å². The third-order valence-corrected chi connectivity index (χ3v) is 3.88. The molecule has 4 heteroatoms. The van der Waals surface area contributed by atoms with Gasteiger partial charge in [0.2, 0.25) is 5.91 Å². The molecule has 0 saturated heterocycles. The van der Waals surface area contributed by atoms with Crippen molar-refractivity contribution in [2.45, 2.75) is 39.5 Å². The fourth-order valence-electron chi connectivity index (χ4n) is 2.52. The van der Waals surface area contributed by atoms with Crippen molar-refractivity contribution in [3.63, 3.8) is 0 Å². The molecule has 1 aliphatic rings. The van der Waals surface area contributed by atoms with Crippen LogP contribution in [0.15, 0.2) is 0 Å². The number of hydrogen-bond acceptors (Lipinski definition) is 3. The molecule has 1 fully saturated rings. The minimum Gasteiger partial charge on any atom is -0.383 e. The second-order valence-electron chi connectivity index (χ2n) is 5.96. The quantitative estimate of drug-likeness (QED) is 0.718. The normalized spacial score (nSPS) is 17.6. The van der Waals surface area contributed by atoms with Crippen molar-refractivity contribution in [1.29, 1.82) is 0 Å². The van der Waals surface area contributed by atoms with Gasteiger partial charge in [-0.3, -0.25) is 4.79 Å². The smallest absolute Gasteiger partial charge is 0.223 e. The lowest BCUT2D eigenvalue weighted by Crippen LogP contribution is -2.45. The van der Waals surface area contributed by atoms with E-state index in [1.54, 1.807) is 7.11 Å². The number of hydrogen-bond donors (Lipinski definition) is 1. The third kappa shape index (κ3) is 4.25. The summed E-state index contributed by atoms with van der Waals surface area (Å²) >= 11 is 0. The zero-order valence-corrected chi connectivity index (χ0v) is 12.1. The van der Waals surface area contributed by atoms with Crippen LogP contribution in [0.2, 0.25) is 0 Å². The van der Waals surface area contributed by atoms with Crippen molar-refractivity contribution in [2.24, 2.45) is 17.1 Å². The highest BCUT2D eigenvalue weighted by atomic mass is 16.5. The van der Waals surface area contributed by atoms with Gasteiger partial charge in [0.25, 0.3) is 0 Å². The van der Waals surface area contributed by atoms with E-state index in [-0.39, 0.29) is 11.3 Å². The molecule has 2 N–H and O–H groups in total. The molecule has 1 saturated carbocycles. The molecule has 0 aliphatic heterocycles. The number of carbonyl (C=O) groups excluding carboxylic acids is 1. The van der Waals surface area contributed by atoms with Gasteiger partial charge < -0.3 is 15.4 Å². The summed E-state index contributed by atoms with van der Waals surface area (Å²) in [6.45, 7) is 7.01. The van der Waals surface area contributed by atoms with Gasteiger partial charge in [0, 0.05) is 26.6 Å². The Morgan fingerprint density at radius 1 is 1.44 bits per heavy atom. The van der Waals surface area contributed by atoms with Crippen LogP contribution in [0.3, 0.4) is 0 Å². The lowest BCUT2D eigenvalue weighted by molar-refractivity contribution is -0.136. The molecule has 1 rings (SSSR count). The standard InChI is InChI=1S/C14H28N2O2/c1-12(2)10-16(7-8-18-3)13(17)9-14(11-15)5-4-6-14/h12H,4-11,15H2,1-3H3. The predicted molar refractivity (Wildman–Crippen MR) is 73.2 cm³/mol. The Morgan fingerprint density at radius 3 is 2.50 bits per heavy atom. The third-order valence-electron chi connectivity index (χ3n) is 3.88. The number of carbonyl (C=O) groups is 1. The molecule has 0 spiro atoms. The van der Waals surface area contributed by atoms with Crippen LogP contribution in [-0.2, 0) is 9.53 Å². The predicted octanol–water partition coefficient (Wildman–Crippen LogP) is 1.64. The van der Waals surface area contributed by atoms with E-state index in [9.17, 15) is 4.79 Å². The summed E-state index contributed by atoms with van der Waals surface area (Å²) in [6, 6.07) is 0. The Bertz CT molecular complexity index is 257. The van der Waals surface area contributed by atoms with Crippen LogP contribution in [0.5, 0.6) is 0 Å². The van der Waals surface area contributed by atoms with E-state index in [0.717, 1.165) is 19.4 Å². The highest BCUT2D eigenvalue weighted by Crippen LogP contribution is 2.43. The van der Waals surface area contributed by atoms with Gasteiger partial charge >= 0.3 is 0 Å². The average Bonchev–Trinajstić information content (AvgIpc) is 2.28. The first-order valence-corrected chi connectivity index (χ1v) is 7.00. The van der Waals surface area contributed by atoms with Gasteiger partial charge in [-0.1, -0.05) is 20.3 Å². The number of amides is 1. The maximum absolute atomic E-state index is 12.4. The van der Waals surface area contributed by atoms with Crippen molar-refractivity contribution in [3.8, 4) is 0 Å². The number of nitrogens with two attached hydrogens (primary N) is 1. The van der Waals surface area contributed by atoms with Gasteiger partial charge in [0.1, 0.15) is 0 Å². The van der Waals surface area contributed by atoms with Crippen LogP contribution >= 0.6 is 0 Å². The van der Waals surface area contributed by atoms with Crippen molar-refractivity contribution >= 4 is 5.91 Å². The summed E-state index contributed by atoms with van der Waals surface area (Å²) in [5.74, 6) is 0.729. The maximum Gasteiger partial charge on any atom is 0.223 e. The zero-order chi connectivity index (χ0) is 13.6. The Labute approximate surface area is 111 Å². The highest BCUT2D eigenvalue weighted by Gasteiger charge is 2.38. The largest absolute Gasteiger partial charge is 0.383 e. The summed E-state index contributed by atoms with van der Waals surface area (Å²) < 4.78 is 5.08. The van der Waals surface area contributed by atoms with Gasteiger partial charge in [0.05, 0.1) is 6.61 Å². The Kier molecular flexibility index (Phi) is 6.09. The van der Waals surface area contributed by atoms with E-state index in [1.165, 1.54) is 6.42 Å². The molecule has 18 heavy (non-hydrogen) atoms. The average molecular weight is 256 g/mol. The van der Waals surface area contributed by atoms with Gasteiger partial charge in [-0.15, -0.1) is 0 Å². The van der Waals surface area contributed by atoms with E-state index in [1.807, 2.05) is 4.90 Å². The number of rotatable bonds is 8. The van der Waals surface area contributed by atoms with E-state index in [4.69, 9.17) is 10.5 Å². The summed E-state index contributed by atoms with van der Waals surface area (Å²) in [5.41, 5.74) is 5.92. The SMILES string of the molecule is COCCN(CC(C)C)C(=O)CC1(CN)CCC1. The lowest BCUT2D eigenvalue weighted by atomic mass is 9.66. The first-order valence-electron chi connectivity index (χ1n) is 7.00. The molecule has 1 amide bonds. The van der Waals surface area contributed by atoms with Gasteiger partial charge in [-0.2, -0.15) is 0 Å². The van der Waals surface area contributed by atoms with Gasteiger partial charge in [-0.25, -0.2) is 0 Å². The molecular formula is C14H28N2O2. The Morgan fingerprint density at radius 2 is 2.11 bits per heavy atom. The second kappa shape index (κ2) is 7.10. The molecule has 1 aliphatic carbocycles. The molecule has 0 radical (unpaired) electrons. The van der Waals surface area contributed by atoms with E-state index in [0.29, 0.717) is 32.0 Å². The van der Waals surface area contributed by atoms with Crippen LogP contribution in [0.25, 0.3) is 0 Å². The number of nitrogens with zero attached hydrogens (tertiary/aromatic N) is 1. The van der Waals surface area contributed by atoms with Crippen LogP contribution in [0, 0.1) is 11.3 Å². The van der Waals surface area contributed by atoms with Crippen LogP contribution in [-0.4, -0.2) is 44.2 Å². The van der Waals surface area contributed by atoms with Crippen molar-refractivity contribution in [1.82, 2.24) is 4.90 Å². The lowest BCUT2D eigenvalue weighted by Gasteiger charge is -2.41. The van der Waals surface area contributed by atoms with Crippen LogP contribution in [0.1, 0.15) is 39.5 Å². The molecule has 0 aromatic carbocycles. The number of methoxy groups -OCH3 is 1. The van der Waals surface area contributed by atoms with Crippen molar-refractivity contribution in [2.75, 3.05) is 33.4 Å². The Hall–Kier alpha value is -0.610. The fourth-order valence-corrected chi connectivity index (χ4v) is 2.52. The molecule has 0 heterocycles. The molecule has 0 unspecified atom stereocenters. The zero-order valence-electron chi connectivity index (χ0n) is 12.1. The molecule has 4 nitrogen and oxygen atoms in total. The molecule has 0 atom stereocenters. The molecule has 0 aromatic rings. The summed E-state index contributed by atoms with van der Waals surface area (Å²) in [7, 11) is 1.67. The van der Waals surface area contributed by atoms with Gasteiger partial charge in [0.15, 0.2) is 0 Å². The molecule has 106 valence electrons. The molecule has 0 bridgehead atoms. The van der Waals surface area contributed by atoms with Gasteiger partial charge in [-0.05, 0) is 30.7 Å². The summed E-state index contributed by atoms with van der Waals surface area (Å²) in [5, 5.41) is 0. The first kappa shape index (κ1) is 15.4. The highest BCUT2D eigenvalue weighted by molar-refractivity contribution is 5.77. The minimum absolute atomic E-state index is 0.0966. The maximum atomic E-state index is 12.4. The van der Waals surface area contributed by atoms with Crippen molar-refractivity contribution in [3.05, 3.63) is 0 Å². The van der Waals surface area contributed by atoms with Crippen LogP contribution in [0.4, 0.5) is 0 Å². The van der Waals surface area contributed by atoms with E-state index >= 15 is 0 Å². The Balaban J connectivity index is 2.52. The summed E-state index contributed by atoms with van der Waals surface area (Å²) in [6.07, 6.45) is 4.04. The first-order chi connectivity index (χ1) is 8.53. The monoisotopic (exact) mass is 256 g/mol. The molecular weight excluding hydrogens is 228 g/mol. The minimum atomic E-state index is 0.0966. The molecule has 0 aromatic heterocycles. The van der Waals surface area contributed by atoms with E-state index in [2.05, 4.69) is 13.8 Å². The summed E-state index contributed by atoms with van der Waals surface area (Å²) in [4.78, 5) is 14.3. The number of ether oxygens (including phenoxy) is 1.